The van der Waals surface area contributed by atoms with Crippen LogP contribution in [0.5, 0.6) is 0 Å². The lowest BCUT2D eigenvalue weighted by Gasteiger charge is -2.34. The number of carbonyl (C=O) groups is 1. The highest BCUT2D eigenvalue weighted by molar-refractivity contribution is 7.11. The monoisotopic (exact) mass is 365 g/mol. The highest BCUT2D eigenvalue weighted by atomic mass is 32.1. The molecule has 1 saturated heterocycles. The van der Waals surface area contributed by atoms with Gasteiger partial charge in [-0.05, 0) is 38.8 Å². The number of aryl methyl sites for hydroxylation is 1. The first kappa shape index (κ1) is 18.7. The molecule has 1 aromatic rings. The fourth-order valence-corrected chi connectivity index (χ4v) is 4.69. The number of thiophene rings is 1. The Labute approximate surface area is 155 Å². The van der Waals surface area contributed by atoms with E-state index in [9.17, 15) is 4.79 Å². The van der Waals surface area contributed by atoms with Crippen molar-refractivity contribution in [1.29, 1.82) is 0 Å². The van der Waals surface area contributed by atoms with E-state index in [4.69, 9.17) is 4.74 Å². The summed E-state index contributed by atoms with van der Waals surface area (Å²) < 4.78 is 5.41. The Morgan fingerprint density at radius 3 is 2.72 bits per heavy atom. The normalized spacial score (nSPS) is 20.6. The van der Waals surface area contributed by atoms with E-state index in [-0.39, 0.29) is 6.03 Å². The molecule has 1 N–H and O–H groups in total. The fraction of sp³-hybridized carbons (Fsp3) is 0.737. The second-order valence-electron chi connectivity index (χ2n) is 7.26. The number of ether oxygens (including phenoxy) is 1. The lowest BCUT2D eigenvalue weighted by atomic mass is 10.2. The average Bonchev–Trinajstić information content (AvgIpc) is 3.29. The van der Waals surface area contributed by atoms with Gasteiger partial charge in [-0.2, -0.15) is 0 Å². The van der Waals surface area contributed by atoms with Crippen LogP contribution in [0, 0.1) is 6.92 Å². The predicted molar refractivity (Wildman–Crippen MR) is 102 cm³/mol. The molecule has 1 atom stereocenters. The van der Waals surface area contributed by atoms with Crippen LogP contribution in [0.25, 0.3) is 0 Å². The van der Waals surface area contributed by atoms with Gasteiger partial charge in [-0.25, -0.2) is 4.79 Å². The first-order valence-electron chi connectivity index (χ1n) is 9.55. The number of carbonyl (C=O) groups excluding carboxylic acids is 1. The summed E-state index contributed by atoms with van der Waals surface area (Å²) in [7, 11) is 0. The van der Waals surface area contributed by atoms with E-state index in [0.717, 1.165) is 45.7 Å². The summed E-state index contributed by atoms with van der Waals surface area (Å²) in [4.78, 5) is 20.0. The molecular formula is C19H31N3O2S. The summed E-state index contributed by atoms with van der Waals surface area (Å²) in [6.07, 6.45) is 4.75. The van der Waals surface area contributed by atoms with Crippen molar-refractivity contribution in [2.45, 2.75) is 58.2 Å². The third-order valence-electron chi connectivity index (χ3n) is 5.37. The highest BCUT2D eigenvalue weighted by Crippen LogP contribution is 2.26. The maximum atomic E-state index is 12.9. The number of hydrogen-bond donors (Lipinski definition) is 1. The zero-order valence-corrected chi connectivity index (χ0v) is 16.3. The summed E-state index contributed by atoms with van der Waals surface area (Å²) in [5.41, 5.74) is 0. The first-order valence-corrected chi connectivity index (χ1v) is 10.4. The number of nitrogens with zero attached hydrogens (tertiary/aromatic N) is 2. The van der Waals surface area contributed by atoms with Crippen molar-refractivity contribution in [2.24, 2.45) is 0 Å². The molecule has 6 heteroatoms. The van der Waals surface area contributed by atoms with Gasteiger partial charge in [-0.1, -0.05) is 12.8 Å². The molecule has 0 bridgehead atoms. The van der Waals surface area contributed by atoms with Crippen LogP contribution in [0.2, 0.25) is 0 Å². The SMILES string of the molecule is Cc1ccc(CN(C(=O)NCC(C)N2CCOCC2)C2CCCC2)s1. The number of rotatable bonds is 6. The van der Waals surface area contributed by atoms with Crippen LogP contribution < -0.4 is 5.32 Å². The Bertz CT molecular complexity index is 551. The molecule has 2 heterocycles. The minimum absolute atomic E-state index is 0.0954. The number of hydrogen-bond acceptors (Lipinski definition) is 4. The van der Waals surface area contributed by atoms with Gasteiger partial charge in [0, 0.05) is 41.5 Å². The smallest absolute Gasteiger partial charge is 0.318 e. The Morgan fingerprint density at radius 1 is 1.36 bits per heavy atom. The van der Waals surface area contributed by atoms with Crippen LogP contribution in [0.4, 0.5) is 4.79 Å². The molecule has 2 fully saturated rings. The summed E-state index contributed by atoms with van der Waals surface area (Å²) in [6.45, 7) is 9.25. The van der Waals surface area contributed by atoms with E-state index in [2.05, 4.69) is 41.1 Å². The van der Waals surface area contributed by atoms with Crippen LogP contribution in [0.15, 0.2) is 12.1 Å². The topological polar surface area (TPSA) is 44.8 Å². The molecule has 25 heavy (non-hydrogen) atoms. The van der Waals surface area contributed by atoms with Crippen LogP contribution in [-0.4, -0.2) is 60.8 Å². The second kappa shape index (κ2) is 9.01. The van der Waals surface area contributed by atoms with Gasteiger partial charge in [0.25, 0.3) is 0 Å². The van der Waals surface area contributed by atoms with Gasteiger partial charge in [-0.15, -0.1) is 11.3 Å². The zero-order chi connectivity index (χ0) is 17.6. The molecular weight excluding hydrogens is 334 g/mol. The van der Waals surface area contributed by atoms with E-state index < -0.39 is 0 Å². The van der Waals surface area contributed by atoms with E-state index in [1.165, 1.54) is 22.6 Å². The molecule has 3 rings (SSSR count). The van der Waals surface area contributed by atoms with Crippen molar-refractivity contribution in [3.8, 4) is 0 Å². The maximum Gasteiger partial charge on any atom is 0.318 e. The second-order valence-corrected chi connectivity index (χ2v) is 8.63. The molecule has 0 aromatic carbocycles. The fourth-order valence-electron chi connectivity index (χ4n) is 3.80. The zero-order valence-electron chi connectivity index (χ0n) is 15.5. The molecule has 1 aromatic heterocycles. The quantitative estimate of drug-likeness (QED) is 0.842. The Morgan fingerprint density at radius 2 is 2.08 bits per heavy atom. The predicted octanol–water partition coefficient (Wildman–Crippen LogP) is 3.23. The highest BCUT2D eigenvalue weighted by Gasteiger charge is 2.27. The third kappa shape index (κ3) is 5.19. The van der Waals surface area contributed by atoms with Crippen molar-refractivity contribution in [1.82, 2.24) is 15.1 Å². The van der Waals surface area contributed by atoms with Gasteiger partial charge < -0.3 is 15.0 Å². The van der Waals surface area contributed by atoms with Crippen LogP contribution in [0.3, 0.4) is 0 Å². The van der Waals surface area contributed by atoms with Gasteiger partial charge in [0.1, 0.15) is 0 Å². The molecule has 1 aliphatic carbocycles. The molecule has 2 aliphatic rings. The van der Waals surface area contributed by atoms with Gasteiger partial charge in [0.15, 0.2) is 0 Å². The molecule has 0 radical (unpaired) electrons. The standard InChI is InChI=1S/C19H31N3O2S/c1-15(21-9-11-24-12-10-21)13-20-19(23)22(17-5-3-4-6-17)14-18-8-7-16(2)25-18/h7-8,15,17H,3-6,9-14H2,1-2H3,(H,20,23). The lowest BCUT2D eigenvalue weighted by Crippen LogP contribution is -2.51. The van der Waals surface area contributed by atoms with Crippen LogP contribution >= 0.6 is 11.3 Å². The summed E-state index contributed by atoms with van der Waals surface area (Å²) in [6, 6.07) is 5.14. The third-order valence-corrected chi connectivity index (χ3v) is 6.35. The van der Waals surface area contributed by atoms with Crippen LogP contribution in [0.1, 0.15) is 42.4 Å². The summed E-state index contributed by atoms with van der Waals surface area (Å²) >= 11 is 1.80. The van der Waals surface area contributed by atoms with Crippen molar-refractivity contribution in [3.05, 3.63) is 21.9 Å². The molecule has 1 unspecified atom stereocenters. The van der Waals surface area contributed by atoms with E-state index in [1.54, 1.807) is 11.3 Å². The summed E-state index contributed by atoms with van der Waals surface area (Å²) in [5.74, 6) is 0. The average molecular weight is 366 g/mol. The molecule has 5 nitrogen and oxygen atoms in total. The van der Waals surface area contributed by atoms with Crippen molar-refractivity contribution < 1.29 is 9.53 Å². The maximum absolute atomic E-state index is 12.9. The molecule has 2 amide bonds. The van der Waals surface area contributed by atoms with E-state index in [1.807, 2.05) is 0 Å². The van der Waals surface area contributed by atoms with Gasteiger partial charge in [0.05, 0.1) is 19.8 Å². The number of amides is 2. The van der Waals surface area contributed by atoms with E-state index in [0.29, 0.717) is 18.6 Å². The Hall–Kier alpha value is -1.11. The molecule has 140 valence electrons. The Kier molecular flexibility index (Phi) is 6.73. The van der Waals surface area contributed by atoms with Crippen molar-refractivity contribution in [3.63, 3.8) is 0 Å². The number of urea groups is 1. The molecule has 1 saturated carbocycles. The number of morpholine rings is 1. The first-order chi connectivity index (χ1) is 12.1. The summed E-state index contributed by atoms with van der Waals surface area (Å²) in [5, 5.41) is 3.19. The minimum atomic E-state index is 0.0954. The van der Waals surface area contributed by atoms with Gasteiger partial charge in [-0.3, -0.25) is 4.90 Å². The van der Waals surface area contributed by atoms with Crippen molar-refractivity contribution in [2.75, 3.05) is 32.8 Å². The lowest BCUT2D eigenvalue weighted by molar-refractivity contribution is 0.0205. The minimum Gasteiger partial charge on any atom is -0.379 e. The Balaban J connectivity index is 1.56. The van der Waals surface area contributed by atoms with Crippen molar-refractivity contribution >= 4 is 17.4 Å². The largest absolute Gasteiger partial charge is 0.379 e. The van der Waals surface area contributed by atoms with Gasteiger partial charge in [0.2, 0.25) is 0 Å². The number of nitrogens with one attached hydrogen (secondary N) is 1. The molecule has 1 aliphatic heterocycles. The van der Waals surface area contributed by atoms with Gasteiger partial charge >= 0.3 is 6.03 Å². The molecule has 0 spiro atoms. The van der Waals surface area contributed by atoms with Crippen LogP contribution in [-0.2, 0) is 11.3 Å². The van der Waals surface area contributed by atoms with E-state index >= 15 is 0 Å².